The molecule has 90 valence electrons. The average molecular weight is 231 g/mol. The molecule has 0 amide bonds. The number of aromatic nitrogens is 2. The van der Waals surface area contributed by atoms with Crippen LogP contribution in [0.15, 0.2) is 28.8 Å². The Hall–Kier alpha value is -1.68. The molecule has 0 aliphatic rings. The van der Waals surface area contributed by atoms with Gasteiger partial charge in [-0.3, -0.25) is 0 Å². The number of rotatable bonds is 2. The summed E-state index contributed by atoms with van der Waals surface area (Å²) in [6.07, 6.45) is 0. The highest BCUT2D eigenvalue weighted by molar-refractivity contribution is 5.60. The van der Waals surface area contributed by atoms with Crippen LogP contribution < -0.4 is 5.73 Å². The Morgan fingerprint density at radius 1 is 1.24 bits per heavy atom. The van der Waals surface area contributed by atoms with Crippen LogP contribution in [0.5, 0.6) is 0 Å². The van der Waals surface area contributed by atoms with E-state index in [9.17, 15) is 0 Å². The summed E-state index contributed by atoms with van der Waals surface area (Å²) in [5.41, 5.74) is 7.68. The van der Waals surface area contributed by atoms with Crippen molar-refractivity contribution in [1.29, 1.82) is 0 Å². The lowest BCUT2D eigenvalue weighted by Crippen LogP contribution is -2.12. The second-order valence-electron chi connectivity index (χ2n) is 5.02. The minimum absolute atomic E-state index is 0.0357. The van der Waals surface area contributed by atoms with Crippen molar-refractivity contribution >= 4 is 0 Å². The number of nitrogens with two attached hydrogens (primary N) is 1. The van der Waals surface area contributed by atoms with Gasteiger partial charge in [0.25, 0.3) is 5.89 Å². The third-order valence-electron chi connectivity index (χ3n) is 2.62. The molecule has 4 heteroatoms. The fourth-order valence-electron chi connectivity index (χ4n) is 1.77. The molecule has 0 radical (unpaired) electrons. The number of hydrogen-bond acceptors (Lipinski definition) is 4. The molecule has 1 aromatic heterocycles. The van der Waals surface area contributed by atoms with Gasteiger partial charge in [-0.15, -0.1) is 0 Å². The van der Waals surface area contributed by atoms with Crippen LogP contribution in [0.3, 0.4) is 0 Å². The zero-order chi connectivity index (χ0) is 12.5. The van der Waals surface area contributed by atoms with Gasteiger partial charge in [0.2, 0.25) is 0 Å². The molecule has 0 aliphatic carbocycles. The number of benzene rings is 1. The predicted octanol–water partition coefficient (Wildman–Crippen LogP) is 2.49. The quantitative estimate of drug-likeness (QED) is 0.862. The maximum Gasteiger partial charge on any atom is 0.258 e. The molecule has 2 N–H and O–H groups in total. The fourth-order valence-corrected chi connectivity index (χ4v) is 1.77. The molecule has 0 fully saturated rings. The number of nitrogens with zero attached hydrogens (tertiary/aromatic N) is 2. The minimum Gasteiger partial charge on any atom is -0.334 e. The molecule has 0 saturated heterocycles. The first-order valence-electron chi connectivity index (χ1n) is 5.65. The lowest BCUT2D eigenvalue weighted by atomic mass is 9.84. The van der Waals surface area contributed by atoms with E-state index in [0.29, 0.717) is 18.3 Å². The Balaban J connectivity index is 2.52. The Bertz CT molecular complexity index is 511. The molecule has 0 bridgehead atoms. The maximum absolute atomic E-state index is 5.48. The highest BCUT2D eigenvalue weighted by atomic mass is 16.5. The van der Waals surface area contributed by atoms with Crippen LogP contribution in [0.25, 0.3) is 11.5 Å². The van der Waals surface area contributed by atoms with Crippen molar-refractivity contribution in [3.63, 3.8) is 0 Å². The molecule has 2 rings (SSSR count). The predicted molar refractivity (Wildman–Crippen MR) is 66.3 cm³/mol. The molecule has 4 nitrogen and oxygen atoms in total. The third-order valence-corrected chi connectivity index (χ3v) is 2.62. The van der Waals surface area contributed by atoms with Crippen LogP contribution in [-0.4, -0.2) is 10.1 Å². The van der Waals surface area contributed by atoms with Crippen LogP contribution in [-0.2, 0) is 12.0 Å². The summed E-state index contributed by atoms with van der Waals surface area (Å²) in [5, 5.41) is 3.82. The van der Waals surface area contributed by atoms with Crippen molar-refractivity contribution in [2.45, 2.75) is 32.7 Å². The van der Waals surface area contributed by atoms with Crippen molar-refractivity contribution < 1.29 is 4.52 Å². The summed E-state index contributed by atoms with van der Waals surface area (Å²) in [6, 6.07) is 8.07. The first kappa shape index (κ1) is 11.8. The average Bonchev–Trinajstić information content (AvgIpc) is 2.76. The van der Waals surface area contributed by atoms with Crippen LogP contribution >= 0.6 is 0 Å². The summed E-state index contributed by atoms with van der Waals surface area (Å²) < 4.78 is 5.24. The highest BCUT2D eigenvalue weighted by Crippen LogP contribution is 2.31. The van der Waals surface area contributed by atoms with Crippen LogP contribution in [0.1, 0.15) is 32.2 Å². The molecular weight excluding hydrogens is 214 g/mol. The van der Waals surface area contributed by atoms with Gasteiger partial charge in [-0.25, -0.2) is 0 Å². The Labute approximate surface area is 101 Å². The van der Waals surface area contributed by atoms with E-state index in [1.54, 1.807) is 0 Å². The molecule has 17 heavy (non-hydrogen) atoms. The molecule has 1 heterocycles. The van der Waals surface area contributed by atoms with E-state index in [4.69, 9.17) is 10.3 Å². The van der Waals surface area contributed by atoms with E-state index in [-0.39, 0.29) is 5.41 Å². The zero-order valence-corrected chi connectivity index (χ0v) is 10.4. The highest BCUT2D eigenvalue weighted by Gasteiger charge is 2.21. The van der Waals surface area contributed by atoms with E-state index in [1.165, 1.54) is 5.56 Å². The Morgan fingerprint density at radius 3 is 2.53 bits per heavy atom. The van der Waals surface area contributed by atoms with E-state index >= 15 is 0 Å². The smallest absolute Gasteiger partial charge is 0.258 e. The van der Waals surface area contributed by atoms with Gasteiger partial charge in [-0.2, -0.15) is 4.98 Å². The topological polar surface area (TPSA) is 64.9 Å². The standard InChI is InChI=1S/C13H17N3O/c1-13(2,3)10-7-5-4-6-9(10)12-15-11(8-14)16-17-12/h4-7H,8,14H2,1-3H3. The summed E-state index contributed by atoms with van der Waals surface area (Å²) >= 11 is 0. The van der Waals surface area contributed by atoms with Crippen molar-refractivity contribution in [2.24, 2.45) is 5.73 Å². The molecule has 0 saturated carbocycles. The van der Waals surface area contributed by atoms with Crippen LogP contribution in [0.4, 0.5) is 0 Å². The van der Waals surface area contributed by atoms with Gasteiger partial charge < -0.3 is 10.3 Å². The molecule has 0 unspecified atom stereocenters. The molecular formula is C13H17N3O. The number of hydrogen-bond donors (Lipinski definition) is 1. The van der Waals surface area contributed by atoms with Crippen molar-refractivity contribution in [2.75, 3.05) is 0 Å². The zero-order valence-electron chi connectivity index (χ0n) is 10.4. The van der Waals surface area contributed by atoms with Gasteiger partial charge in [0, 0.05) is 5.56 Å². The molecule has 2 aromatic rings. The second-order valence-corrected chi connectivity index (χ2v) is 5.02. The van der Waals surface area contributed by atoms with Crippen molar-refractivity contribution in [3.8, 4) is 11.5 Å². The molecule has 1 aromatic carbocycles. The van der Waals surface area contributed by atoms with E-state index < -0.39 is 0 Å². The normalized spacial score (nSPS) is 11.8. The molecule has 0 spiro atoms. The summed E-state index contributed by atoms with van der Waals surface area (Å²) in [5.74, 6) is 1.07. The van der Waals surface area contributed by atoms with E-state index in [1.807, 2.05) is 18.2 Å². The lowest BCUT2D eigenvalue weighted by Gasteiger charge is -2.21. The van der Waals surface area contributed by atoms with Gasteiger partial charge >= 0.3 is 0 Å². The van der Waals surface area contributed by atoms with Crippen molar-refractivity contribution in [1.82, 2.24) is 10.1 Å². The van der Waals surface area contributed by atoms with Gasteiger partial charge in [-0.1, -0.05) is 44.1 Å². The van der Waals surface area contributed by atoms with Gasteiger partial charge in [0.15, 0.2) is 5.82 Å². The van der Waals surface area contributed by atoms with Gasteiger partial charge in [0.05, 0.1) is 6.54 Å². The fraction of sp³-hybridized carbons (Fsp3) is 0.385. The van der Waals surface area contributed by atoms with Crippen LogP contribution in [0, 0.1) is 0 Å². The van der Waals surface area contributed by atoms with Crippen LogP contribution in [0.2, 0.25) is 0 Å². The second kappa shape index (κ2) is 4.30. The monoisotopic (exact) mass is 231 g/mol. The summed E-state index contributed by atoms with van der Waals surface area (Å²) in [6.45, 7) is 6.77. The molecule has 0 aliphatic heterocycles. The maximum atomic E-state index is 5.48. The summed E-state index contributed by atoms with van der Waals surface area (Å²) in [4.78, 5) is 4.27. The van der Waals surface area contributed by atoms with Gasteiger partial charge in [-0.05, 0) is 17.0 Å². The third kappa shape index (κ3) is 2.36. The van der Waals surface area contributed by atoms with E-state index in [0.717, 1.165) is 5.56 Å². The first-order valence-corrected chi connectivity index (χ1v) is 5.65. The largest absolute Gasteiger partial charge is 0.334 e. The Morgan fingerprint density at radius 2 is 1.94 bits per heavy atom. The Kier molecular flexibility index (Phi) is 2.98. The summed E-state index contributed by atoms with van der Waals surface area (Å²) in [7, 11) is 0. The minimum atomic E-state index is 0.0357. The first-order chi connectivity index (χ1) is 8.02. The molecule has 0 atom stereocenters. The van der Waals surface area contributed by atoms with Crippen molar-refractivity contribution in [3.05, 3.63) is 35.7 Å². The van der Waals surface area contributed by atoms with E-state index in [2.05, 4.69) is 37.0 Å². The lowest BCUT2D eigenvalue weighted by molar-refractivity contribution is 0.421. The SMILES string of the molecule is CC(C)(C)c1ccccc1-c1nc(CN)no1. The van der Waals surface area contributed by atoms with Gasteiger partial charge in [0.1, 0.15) is 0 Å².